The molecule has 0 fully saturated rings. The molecule has 2 aromatic rings. The molecule has 1 N–H and O–H groups in total. The first-order chi connectivity index (χ1) is 9.51. The quantitative estimate of drug-likeness (QED) is 0.843. The monoisotopic (exact) mass is 311 g/mol. The Morgan fingerprint density at radius 1 is 1.15 bits per heavy atom. The van der Waals surface area contributed by atoms with Crippen LogP contribution in [0.2, 0.25) is 10.0 Å². The van der Waals surface area contributed by atoms with Gasteiger partial charge in [0.15, 0.2) is 0 Å². The van der Waals surface area contributed by atoms with E-state index in [0.29, 0.717) is 22.0 Å². The van der Waals surface area contributed by atoms with Gasteiger partial charge in [0.2, 0.25) is 0 Å². The van der Waals surface area contributed by atoms with Crippen LogP contribution in [0.15, 0.2) is 36.4 Å². The first-order valence-corrected chi connectivity index (χ1v) is 7.14. The smallest absolute Gasteiger partial charge is 0.126 e. The lowest BCUT2D eigenvalue weighted by Gasteiger charge is -2.18. The van der Waals surface area contributed by atoms with Gasteiger partial charge in [0.25, 0.3) is 0 Å². The fraction of sp³-hybridized carbons (Fsp3) is 0.250. The second-order valence-electron chi connectivity index (χ2n) is 4.79. The van der Waals surface area contributed by atoms with Crippen molar-refractivity contribution in [3.8, 4) is 0 Å². The standard InChI is InChI=1S/C16H16Cl2FN/c1-10-3-4-12(7-15(10)19)16(20-2)8-11-5-6-13(17)9-14(11)18/h3-7,9,16,20H,8H2,1-2H3. The molecule has 0 aromatic heterocycles. The van der Waals surface area contributed by atoms with E-state index in [4.69, 9.17) is 23.2 Å². The molecule has 1 unspecified atom stereocenters. The van der Waals surface area contributed by atoms with E-state index < -0.39 is 0 Å². The topological polar surface area (TPSA) is 12.0 Å². The Hall–Kier alpha value is -1.09. The van der Waals surface area contributed by atoms with Crippen LogP contribution in [-0.2, 0) is 6.42 Å². The van der Waals surface area contributed by atoms with E-state index in [-0.39, 0.29) is 11.9 Å². The van der Waals surface area contributed by atoms with Gasteiger partial charge in [-0.1, -0.05) is 41.4 Å². The predicted molar refractivity (Wildman–Crippen MR) is 83.1 cm³/mol. The van der Waals surface area contributed by atoms with Crippen molar-refractivity contribution in [1.29, 1.82) is 0 Å². The largest absolute Gasteiger partial charge is 0.313 e. The summed E-state index contributed by atoms with van der Waals surface area (Å²) in [6, 6.07) is 10.7. The highest BCUT2D eigenvalue weighted by Gasteiger charge is 2.13. The second-order valence-corrected chi connectivity index (χ2v) is 5.63. The molecule has 4 heteroatoms. The third-order valence-corrected chi connectivity index (χ3v) is 3.97. The second kappa shape index (κ2) is 6.57. The number of halogens is 3. The molecule has 0 saturated heterocycles. The summed E-state index contributed by atoms with van der Waals surface area (Å²) in [5.41, 5.74) is 2.53. The number of hydrogen-bond donors (Lipinski definition) is 1. The van der Waals surface area contributed by atoms with Crippen LogP contribution in [0.25, 0.3) is 0 Å². The van der Waals surface area contributed by atoms with E-state index in [1.807, 2.05) is 25.2 Å². The zero-order chi connectivity index (χ0) is 14.7. The van der Waals surface area contributed by atoms with Gasteiger partial charge in [0.1, 0.15) is 5.82 Å². The molecule has 0 saturated carbocycles. The normalized spacial score (nSPS) is 12.4. The Balaban J connectivity index is 2.26. The van der Waals surface area contributed by atoms with E-state index >= 15 is 0 Å². The summed E-state index contributed by atoms with van der Waals surface area (Å²) in [6.45, 7) is 1.75. The minimum absolute atomic E-state index is 0.00350. The molecule has 0 spiro atoms. The highest BCUT2D eigenvalue weighted by Crippen LogP contribution is 2.26. The van der Waals surface area contributed by atoms with Gasteiger partial charge in [-0.15, -0.1) is 0 Å². The molecule has 2 rings (SSSR count). The summed E-state index contributed by atoms with van der Waals surface area (Å²) in [7, 11) is 1.85. The van der Waals surface area contributed by atoms with E-state index in [9.17, 15) is 4.39 Å². The zero-order valence-electron chi connectivity index (χ0n) is 11.4. The molecule has 0 aliphatic carbocycles. The molecule has 2 aromatic carbocycles. The van der Waals surface area contributed by atoms with Crippen molar-refractivity contribution in [1.82, 2.24) is 5.32 Å². The first kappa shape index (κ1) is 15.3. The number of hydrogen-bond acceptors (Lipinski definition) is 1. The van der Waals surface area contributed by atoms with E-state index in [1.54, 1.807) is 25.1 Å². The molecule has 1 atom stereocenters. The molecular formula is C16H16Cl2FN. The molecule has 0 aliphatic rings. The number of nitrogens with one attached hydrogen (secondary N) is 1. The van der Waals surface area contributed by atoms with Gasteiger partial charge in [0.05, 0.1) is 0 Å². The van der Waals surface area contributed by atoms with Gasteiger partial charge in [-0.25, -0.2) is 4.39 Å². The summed E-state index contributed by atoms with van der Waals surface area (Å²) in [6.07, 6.45) is 0.676. The van der Waals surface area contributed by atoms with Gasteiger partial charge in [0, 0.05) is 16.1 Å². The molecule has 0 heterocycles. The van der Waals surface area contributed by atoms with Crippen LogP contribution in [0.1, 0.15) is 22.7 Å². The third-order valence-electron chi connectivity index (χ3n) is 3.39. The van der Waals surface area contributed by atoms with Gasteiger partial charge in [-0.05, 0) is 55.3 Å². The summed E-state index contributed by atoms with van der Waals surface area (Å²) >= 11 is 12.1. The van der Waals surface area contributed by atoms with Crippen LogP contribution in [0.3, 0.4) is 0 Å². The maximum atomic E-state index is 13.7. The first-order valence-electron chi connectivity index (χ1n) is 6.38. The van der Waals surface area contributed by atoms with Crippen LogP contribution < -0.4 is 5.32 Å². The predicted octanol–water partition coefficient (Wildman–Crippen LogP) is 4.94. The average Bonchev–Trinajstić information content (AvgIpc) is 2.41. The Bertz CT molecular complexity index is 613. The van der Waals surface area contributed by atoms with Crippen LogP contribution >= 0.6 is 23.2 Å². The highest BCUT2D eigenvalue weighted by atomic mass is 35.5. The summed E-state index contributed by atoms with van der Waals surface area (Å²) in [5, 5.41) is 4.44. The van der Waals surface area contributed by atoms with E-state index in [2.05, 4.69) is 5.32 Å². The van der Waals surface area contributed by atoms with Crippen LogP contribution in [0.5, 0.6) is 0 Å². The Kier molecular flexibility index (Phi) is 5.03. The van der Waals surface area contributed by atoms with Crippen molar-refractivity contribution in [2.24, 2.45) is 0 Å². The third kappa shape index (κ3) is 3.51. The lowest BCUT2D eigenvalue weighted by Crippen LogP contribution is -2.19. The Morgan fingerprint density at radius 3 is 2.50 bits per heavy atom. The van der Waals surface area contributed by atoms with Crippen molar-refractivity contribution in [3.63, 3.8) is 0 Å². The maximum Gasteiger partial charge on any atom is 0.126 e. The van der Waals surface area contributed by atoms with Crippen LogP contribution in [-0.4, -0.2) is 7.05 Å². The zero-order valence-corrected chi connectivity index (χ0v) is 12.9. The van der Waals surface area contributed by atoms with Crippen molar-refractivity contribution < 1.29 is 4.39 Å². The molecule has 0 aliphatic heterocycles. The molecule has 1 nitrogen and oxygen atoms in total. The van der Waals surface area contributed by atoms with Crippen molar-refractivity contribution >= 4 is 23.2 Å². The minimum atomic E-state index is -0.190. The van der Waals surface area contributed by atoms with Crippen molar-refractivity contribution in [2.75, 3.05) is 7.05 Å². The number of benzene rings is 2. The summed E-state index contributed by atoms with van der Waals surface area (Å²) in [5.74, 6) is -0.190. The fourth-order valence-electron chi connectivity index (χ4n) is 2.12. The van der Waals surface area contributed by atoms with Gasteiger partial charge in [-0.2, -0.15) is 0 Å². The molecule has 106 valence electrons. The molecule has 0 bridgehead atoms. The highest BCUT2D eigenvalue weighted by molar-refractivity contribution is 6.35. The number of aryl methyl sites for hydroxylation is 1. The molecule has 20 heavy (non-hydrogen) atoms. The lowest BCUT2D eigenvalue weighted by molar-refractivity contribution is 0.574. The van der Waals surface area contributed by atoms with Crippen LogP contribution in [0, 0.1) is 12.7 Å². The van der Waals surface area contributed by atoms with E-state index in [0.717, 1.165) is 11.1 Å². The van der Waals surface area contributed by atoms with Gasteiger partial charge < -0.3 is 5.32 Å². The SMILES string of the molecule is CNC(Cc1ccc(Cl)cc1Cl)c1ccc(C)c(F)c1. The molecule has 0 radical (unpaired) electrons. The number of rotatable bonds is 4. The maximum absolute atomic E-state index is 13.7. The van der Waals surface area contributed by atoms with Crippen molar-refractivity contribution in [3.05, 3.63) is 69.0 Å². The summed E-state index contributed by atoms with van der Waals surface area (Å²) in [4.78, 5) is 0. The lowest BCUT2D eigenvalue weighted by atomic mass is 9.98. The van der Waals surface area contributed by atoms with Gasteiger partial charge in [-0.3, -0.25) is 0 Å². The fourth-order valence-corrected chi connectivity index (χ4v) is 2.61. The summed E-state index contributed by atoms with van der Waals surface area (Å²) < 4.78 is 13.7. The van der Waals surface area contributed by atoms with Gasteiger partial charge >= 0.3 is 0 Å². The molecular weight excluding hydrogens is 296 g/mol. The molecule has 0 amide bonds. The Morgan fingerprint density at radius 2 is 1.90 bits per heavy atom. The van der Waals surface area contributed by atoms with Crippen LogP contribution in [0.4, 0.5) is 4.39 Å². The number of likely N-dealkylation sites (N-methyl/N-ethyl adjacent to an activating group) is 1. The average molecular weight is 312 g/mol. The van der Waals surface area contributed by atoms with E-state index in [1.165, 1.54) is 0 Å². The van der Waals surface area contributed by atoms with Crippen molar-refractivity contribution in [2.45, 2.75) is 19.4 Å². The Labute approximate surface area is 128 Å². The minimum Gasteiger partial charge on any atom is -0.313 e.